The lowest BCUT2D eigenvalue weighted by Gasteiger charge is -2.06. The van der Waals surface area contributed by atoms with Crippen LogP contribution in [0.2, 0.25) is 5.02 Å². The third-order valence-corrected chi connectivity index (χ3v) is 3.23. The molecular weight excluding hydrogens is 252 g/mol. The maximum atomic E-state index is 11.8. The van der Waals surface area contributed by atoms with Crippen molar-refractivity contribution in [2.45, 2.75) is 13.3 Å². The van der Waals surface area contributed by atoms with Crippen LogP contribution in [0.15, 0.2) is 18.2 Å². The topological polar surface area (TPSA) is 57.2 Å². The molecule has 2 rings (SSSR count). The SMILES string of the molecule is COn1c(C(C)=O)c(CCN)c2c(Cl)cccc21. The smallest absolute Gasteiger partial charge is 0.179 e. The van der Waals surface area contributed by atoms with Gasteiger partial charge in [0.2, 0.25) is 0 Å². The van der Waals surface area contributed by atoms with Gasteiger partial charge in [0.1, 0.15) is 12.8 Å². The van der Waals surface area contributed by atoms with Gasteiger partial charge in [0.15, 0.2) is 5.78 Å². The van der Waals surface area contributed by atoms with Crippen LogP contribution in [0, 0.1) is 0 Å². The number of hydrogen-bond acceptors (Lipinski definition) is 3. The first-order valence-corrected chi connectivity index (χ1v) is 6.06. The van der Waals surface area contributed by atoms with Gasteiger partial charge in [0.05, 0.1) is 10.5 Å². The van der Waals surface area contributed by atoms with Crippen LogP contribution in [-0.4, -0.2) is 24.2 Å². The van der Waals surface area contributed by atoms with Gasteiger partial charge in [0, 0.05) is 12.3 Å². The molecule has 1 aromatic heterocycles. The Morgan fingerprint density at radius 2 is 2.22 bits per heavy atom. The second kappa shape index (κ2) is 5.00. The van der Waals surface area contributed by atoms with Crippen LogP contribution in [0.1, 0.15) is 23.0 Å². The predicted octanol–water partition coefficient (Wildman–Crippen LogP) is 2.06. The van der Waals surface area contributed by atoms with Crippen molar-refractivity contribution in [2.75, 3.05) is 13.7 Å². The highest BCUT2D eigenvalue weighted by atomic mass is 35.5. The van der Waals surface area contributed by atoms with E-state index in [1.807, 2.05) is 12.1 Å². The zero-order valence-electron chi connectivity index (χ0n) is 10.4. The summed E-state index contributed by atoms with van der Waals surface area (Å²) in [6.45, 7) is 1.96. The monoisotopic (exact) mass is 266 g/mol. The van der Waals surface area contributed by atoms with Crippen LogP contribution in [-0.2, 0) is 6.42 Å². The Kier molecular flexibility index (Phi) is 3.59. The van der Waals surface area contributed by atoms with Gasteiger partial charge in [-0.15, -0.1) is 0 Å². The van der Waals surface area contributed by atoms with Gasteiger partial charge in [-0.1, -0.05) is 17.7 Å². The number of halogens is 1. The third kappa shape index (κ3) is 1.87. The zero-order valence-corrected chi connectivity index (χ0v) is 11.1. The molecular formula is C13H15ClN2O2. The van der Waals surface area contributed by atoms with Crippen molar-refractivity contribution in [2.24, 2.45) is 5.73 Å². The van der Waals surface area contributed by atoms with E-state index in [1.54, 1.807) is 6.07 Å². The maximum absolute atomic E-state index is 11.8. The lowest BCUT2D eigenvalue weighted by Crippen LogP contribution is -2.15. The number of aromatic nitrogens is 1. The lowest BCUT2D eigenvalue weighted by molar-refractivity contribution is 0.0961. The molecule has 0 amide bonds. The molecule has 96 valence electrons. The molecule has 0 aliphatic heterocycles. The first-order chi connectivity index (χ1) is 8.61. The largest absolute Gasteiger partial charge is 0.416 e. The first kappa shape index (κ1) is 12.9. The molecule has 0 bridgehead atoms. The average Bonchev–Trinajstić information content (AvgIpc) is 2.65. The van der Waals surface area contributed by atoms with E-state index in [4.69, 9.17) is 22.2 Å². The molecule has 4 nitrogen and oxygen atoms in total. The number of carbonyl (C=O) groups is 1. The summed E-state index contributed by atoms with van der Waals surface area (Å²) in [4.78, 5) is 17.1. The molecule has 18 heavy (non-hydrogen) atoms. The predicted molar refractivity (Wildman–Crippen MR) is 72.2 cm³/mol. The Bertz CT molecular complexity index is 605. The second-order valence-electron chi connectivity index (χ2n) is 4.03. The number of rotatable bonds is 4. The van der Waals surface area contributed by atoms with Gasteiger partial charge in [-0.3, -0.25) is 4.79 Å². The molecule has 1 aromatic carbocycles. The number of carbonyl (C=O) groups excluding carboxylic acids is 1. The van der Waals surface area contributed by atoms with Crippen molar-refractivity contribution in [3.63, 3.8) is 0 Å². The second-order valence-corrected chi connectivity index (χ2v) is 4.44. The van der Waals surface area contributed by atoms with Crippen molar-refractivity contribution in [3.8, 4) is 0 Å². The van der Waals surface area contributed by atoms with E-state index < -0.39 is 0 Å². The molecule has 0 aliphatic carbocycles. The molecule has 0 atom stereocenters. The Hall–Kier alpha value is -1.52. The number of benzene rings is 1. The summed E-state index contributed by atoms with van der Waals surface area (Å²) < 4.78 is 1.52. The first-order valence-electron chi connectivity index (χ1n) is 5.69. The van der Waals surface area contributed by atoms with Crippen molar-refractivity contribution >= 4 is 28.3 Å². The van der Waals surface area contributed by atoms with Gasteiger partial charge < -0.3 is 10.6 Å². The highest BCUT2D eigenvalue weighted by Gasteiger charge is 2.22. The summed E-state index contributed by atoms with van der Waals surface area (Å²) >= 11 is 6.22. The number of hydrogen-bond donors (Lipinski definition) is 1. The van der Waals surface area contributed by atoms with E-state index in [1.165, 1.54) is 18.8 Å². The van der Waals surface area contributed by atoms with E-state index in [-0.39, 0.29) is 5.78 Å². The van der Waals surface area contributed by atoms with E-state index >= 15 is 0 Å². The number of fused-ring (bicyclic) bond motifs is 1. The molecule has 0 saturated heterocycles. The molecule has 1 heterocycles. The molecule has 0 radical (unpaired) electrons. The summed E-state index contributed by atoms with van der Waals surface area (Å²) in [5, 5.41) is 1.45. The number of ketones is 1. The Labute approximate surface area is 110 Å². The van der Waals surface area contributed by atoms with Crippen LogP contribution in [0.4, 0.5) is 0 Å². The lowest BCUT2D eigenvalue weighted by atomic mass is 10.1. The van der Waals surface area contributed by atoms with E-state index in [2.05, 4.69) is 0 Å². The van der Waals surface area contributed by atoms with Crippen LogP contribution in [0.5, 0.6) is 0 Å². The Morgan fingerprint density at radius 1 is 1.50 bits per heavy atom. The summed E-state index contributed by atoms with van der Waals surface area (Å²) in [6.07, 6.45) is 0.589. The Morgan fingerprint density at radius 3 is 2.78 bits per heavy atom. The van der Waals surface area contributed by atoms with Crippen molar-refractivity contribution in [3.05, 3.63) is 34.5 Å². The normalized spacial score (nSPS) is 10.9. The highest BCUT2D eigenvalue weighted by Crippen LogP contribution is 2.32. The van der Waals surface area contributed by atoms with Gasteiger partial charge in [-0.2, -0.15) is 4.73 Å². The number of nitrogens with zero attached hydrogens (tertiary/aromatic N) is 1. The van der Waals surface area contributed by atoms with Gasteiger partial charge in [-0.05, 0) is 30.7 Å². The van der Waals surface area contributed by atoms with Gasteiger partial charge in [0.25, 0.3) is 0 Å². The molecule has 5 heteroatoms. The molecule has 0 saturated carbocycles. The minimum atomic E-state index is -0.0624. The van der Waals surface area contributed by atoms with Crippen LogP contribution >= 0.6 is 11.6 Å². The van der Waals surface area contributed by atoms with Crippen LogP contribution < -0.4 is 10.6 Å². The zero-order chi connectivity index (χ0) is 13.3. The fourth-order valence-corrected chi connectivity index (χ4v) is 2.56. The number of nitrogens with two attached hydrogens (primary N) is 1. The van der Waals surface area contributed by atoms with Crippen molar-refractivity contribution in [1.82, 2.24) is 4.73 Å². The van der Waals surface area contributed by atoms with Crippen molar-refractivity contribution in [1.29, 1.82) is 0 Å². The average molecular weight is 267 g/mol. The molecule has 0 fully saturated rings. The van der Waals surface area contributed by atoms with E-state index in [9.17, 15) is 4.79 Å². The standard InChI is InChI=1S/C13H15ClN2O2/c1-8(17)13-9(6-7-15)12-10(14)4-3-5-11(12)16(13)18-2/h3-5H,6-7,15H2,1-2H3. The van der Waals surface area contributed by atoms with E-state index in [0.717, 1.165) is 16.5 Å². The quantitative estimate of drug-likeness (QED) is 0.862. The minimum Gasteiger partial charge on any atom is -0.416 e. The summed E-state index contributed by atoms with van der Waals surface area (Å²) in [5.74, 6) is -0.0624. The number of Topliss-reactive ketones (excluding diaryl/α,β-unsaturated/α-hetero) is 1. The molecule has 0 spiro atoms. The maximum Gasteiger partial charge on any atom is 0.179 e. The fourth-order valence-electron chi connectivity index (χ4n) is 2.28. The highest BCUT2D eigenvalue weighted by molar-refractivity contribution is 6.36. The van der Waals surface area contributed by atoms with Crippen molar-refractivity contribution < 1.29 is 9.63 Å². The molecule has 0 aliphatic rings. The Balaban J connectivity index is 2.90. The summed E-state index contributed by atoms with van der Waals surface area (Å²) in [7, 11) is 1.53. The molecule has 0 unspecified atom stereocenters. The fraction of sp³-hybridized carbons (Fsp3) is 0.308. The summed E-state index contributed by atoms with van der Waals surface area (Å²) in [5.41, 5.74) is 7.78. The summed E-state index contributed by atoms with van der Waals surface area (Å²) in [6, 6.07) is 5.50. The van der Waals surface area contributed by atoms with Gasteiger partial charge >= 0.3 is 0 Å². The molecule has 2 N–H and O–H groups in total. The van der Waals surface area contributed by atoms with E-state index in [0.29, 0.717) is 23.7 Å². The molecule has 2 aromatic rings. The van der Waals surface area contributed by atoms with Gasteiger partial charge in [-0.25, -0.2) is 0 Å². The third-order valence-electron chi connectivity index (χ3n) is 2.91. The minimum absolute atomic E-state index is 0.0624. The van der Waals surface area contributed by atoms with Crippen LogP contribution in [0.3, 0.4) is 0 Å². The van der Waals surface area contributed by atoms with Crippen LogP contribution in [0.25, 0.3) is 10.9 Å².